The molecule has 6 heteroatoms. The maximum atomic E-state index is 12.7. The van der Waals surface area contributed by atoms with Crippen molar-refractivity contribution in [1.29, 1.82) is 0 Å². The molecular weight excluding hydrogens is 332 g/mol. The molecule has 0 N–H and O–H groups in total. The Hall–Kier alpha value is -1.92. The zero-order chi connectivity index (χ0) is 16.8. The summed E-state index contributed by atoms with van der Waals surface area (Å²) in [7, 11) is -3.26. The summed E-state index contributed by atoms with van der Waals surface area (Å²) >= 11 is 1.51. The summed E-state index contributed by atoms with van der Waals surface area (Å²) in [6.45, 7) is 3.47. The van der Waals surface area contributed by atoms with Crippen molar-refractivity contribution in [3.8, 4) is 0 Å². The largest absolute Gasteiger partial charge is 0.478 e. The average Bonchev–Trinajstić information content (AvgIpc) is 3.06. The van der Waals surface area contributed by atoms with Crippen LogP contribution in [0.1, 0.15) is 25.0 Å². The fraction of sp³-hybridized carbons (Fsp3) is 0.235. The average molecular weight is 348 g/mol. The predicted molar refractivity (Wildman–Crippen MR) is 90.9 cm³/mol. The number of rotatable bonds is 3. The predicted octanol–water partition coefficient (Wildman–Crippen LogP) is 3.40. The number of Topliss-reactive ketones (excluding diaryl/α,β-unsaturated/α-hetero) is 1. The number of hydrogen-bond donors (Lipinski definition) is 0. The van der Waals surface area contributed by atoms with Gasteiger partial charge in [-0.25, -0.2) is 8.42 Å². The molecule has 0 unspecified atom stereocenters. The van der Waals surface area contributed by atoms with Gasteiger partial charge in [0.15, 0.2) is 15.4 Å². The van der Waals surface area contributed by atoms with Crippen LogP contribution in [0.5, 0.6) is 0 Å². The summed E-state index contributed by atoms with van der Waals surface area (Å²) < 4.78 is 29.0. The molecule has 1 aliphatic rings. The van der Waals surface area contributed by atoms with Gasteiger partial charge in [-0.3, -0.25) is 4.79 Å². The van der Waals surface area contributed by atoms with Crippen molar-refractivity contribution in [3.63, 3.8) is 0 Å². The first kappa shape index (κ1) is 16.0. The zero-order valence-electron chi connectivity index (χ0n) is 13.0. The van der Waals surface area contributed by atoms with Crippen LogP contribution in [0.15, 0.2) is 46.0 Å². The monoisotopic (exact) mass is 348 g/mol. The lowest BCUT2D eigenvalue weighted by Gasteiger charge is -2.17. The van der Waals surface area contributed by atoms with Gasteiger partial charge in [-0.2, -0.15) is 11.3 Å². The molecule has 0 spiro atoms. The van der Waals surface area contributed by atoms with E-state index in [0.717, 1.165) is 11.8 Å². The van der Waals surface area contributed by atoms with Crippen molar-refractivity contribution in [2.45, 2.75) is 24.3 Å². The van der Waals surface area contributed by atoms with Crippen molar-refractivity contribution in [2.75, 3.05) is 6.26 Å². The van der Waals surface area contributed by atoms with E-state index in [-0.39, 0.29) is 10.7 Å². The van der Waals surface area contributed by atoms with Gasteiger partial charge in [0.2, 0.25) is 5.78 Å². The van der Waals surface area contributed by atoms with Gasteiger partial charge in [0.25, 0.3) is 0 Å². The van der Waals surface area contributed by atoms with Crippen molar-refractivity contribution in [1.82, 2.24) is 0 Å². The van der Waals surface area contributed by atoms with Crippen LogP contribution in [0.2, 0.25) is 0 Å². The smallest absolute Gasteiger partial charge is 0.210 e. The van der Waals surface area contributed by atoms with Gasteiger partial charge < -0.3 is 4.74 Å². The minimum atomic E-state index is -3.26. The molecule has 1 aromatic carbocycles. The number of benzene rings is 1. The quantitative estimate of drug-likeness (QED) is 0.853. The highest BCUT2D eigenvalue weighted by atomic mass is 32.2. The van der Waals surface area contributed by atoms with Crippen molar-refractivity contribution >= 4 is 38.3 Å². The van der Waals surface area contributed by atoms with Gasteiger partial charge in [0, 0.05) is 11.8 Å². The molecule has 0 amide bonds. The van der Waals surface area contributed by atoms with E-state index in [0.29, 0.717) is 16.9 Å². The lowest BCUT2D eigenvalue weighted by atomic mass is 9.94. The summed E-state index contributed by atoms with van der Waals surface area (Å²) in [5, 5.41) is 3.81. The van der Waals surface area contributed by atoms with Crippen LogP contribution in [-0.2, 0) is 19.4 Å². The van der Waals surface area contributed by atoms with Crippen LogP contribution in [0.4, 0.5) is 0 Å². The first-order chi connectivity index (χ1) is 10.7. The van der Waals surface area contributed by atoms with Crippen LogP contribution in [0.25, 0.3) is 11.3 Å². The van der Waals surface area contributed by atoms with Crippen molar-refractivity contribution in [2.24, 2.45) is 0 Å². The fourth-order valence-electron chi connectivity index (χ4n) is 2.48. The van der Waals surface area contributed by atoms with Crippen LogP contribution >= 0.6 is 11.3 Å². The topological polar surface area (TPSA) is 60.4 Å². The Balaban J connectivity index is 2.13. The molecule has 1 aromatic heterocycles. The number of carbonyl (C=O) groups is 1. The Morgan fingerprint density at radius 2 is 1.70 bits per heavy atom. The van der Waals surface area contributed by atoms with E-state index >= 15 is 0 Å². The van der Waals surface area contributed by atoms with Crippen LogP contribution in [-0.4, -0.2) is 26.1 Å². The van der Waals surface area contributed by atoms with Crippen LogP contribution in [0, 0.1) is 0 Å². The number of hydrogen-bond acceptors (Lipinski definition) is 5. The van der Waals surface area contributed by atoms with Crippen molar-refractivity contribution in [3.05, 3.63) is 52.2 Å². The number of ketones is 1. The summed E-state index contributed by atoms with van der Waals surface area (Å²) in [6, 6.07) is 8.29. The molecule has 2 heterocycles. The summed E-state index contributed by atoms with van der Waals surface area (Å²) in [5.41, 5.74) is 1.14. The summed E-state index contributed by atoms with van der Waals surface area (Å²) in [6.07, 6.45) is 1.16. The second-order valence-electron chi connectivity index (χ2n) is 5.95. The second kappa shape index (κ2) is 5.32. The van der Waals surface area contributed by atoms with Gasteiger partial charge in [-0.05, 0) is 60.5 Å². The normalized spacial score (nSPS) is 17.4. The molecule has 0 radical (unpaired) electrons. The van der Waals surface area contributed by atoms with Gasteiger partial charge in [-0.1, -0.05) is 0 Å². The van der Waals surface area contributed by atoms with Gasteiger partial charge in [-0.15, -0.1) is 0 Å². The third-order valence-corrected chi connectivity index (χ3v) is 5.52. The van der Waals surface area contributed by atoms with Crippen molar-refractivity contribution < 1.29 is 17.9 Å². The fourth-order valence-corrected chi connectivity index (χ4v) is 3.76. The molecule has 0 saturated carbocycles. The Kier molecular flexibility index (Phi) is 3.69. The van der Waals surface area contributed by atoms with E-state index < -0.39 is 15.4 Å². The molecule has 0 fully saturated rings. The maximum absolute atomic E-state index is 12.7. The lowest BCUT2D eigenvalue weighted by Crippen LogP contribution is -2.29. The molecular formula is C17H16O4S2. The number of sulfone groups is 1. The van der Waals surface area contributed by atoms with E-state index in [1.165, 1.54) is 23.5 Å². The SMILES string of the molecule is CC1(C)OC(c2ccc(S(C)(=O)=O)cc2)=C(c2ccsc2)C1=O. The Bertz CT molecular complexity index is 887. The standard InChI is InChI=1S/C17H16O4S2/c1-17(2)16(18)14(12-8-9-22-10-12)15(21-17)11-4-6-13(7-5-11)23(3,19)20/h4-10H,1-3H3. The number of thiophene rings is 1. The molecule has 4 nitrogen and oxygen atoms in total. The molecule has 23 heavy (non-hydrogen) atoms. The van der Waals surface area contributed by atoms with E-state index in [1.807, 2.05) is 16.8 Å². The Morgan fingerprint density at radius 1 is 1.04 bits per heavy atom. The maximum Gasteiger partial charge on any atom is 0.210 e. The minimum Gasteiger partial charge on any atom is -0.478 e. The first-order valence-corrected chi connectivity index (χ1v) is 9.85. The minimum absolute atomic E-state index is 0.0712. The molecule has 0 saturated heterocycles. The second-order valence-corrected chi connectivity index (χ2v) is 8.75. The molecule has 2 aromatic rings. The molecule has 120 valence electrons. The van der Waals surface area contributed by atoms with Gasteiger partial charge in [0.05, 0.1) is 10.5 Å². The van der Waals surface area contributed by atoms with Crippen LogP contribution < -0.4 is 0 Å². The highest BCUT2D eigenvalue weighted by molar-refractivity contribution is 7.90. The van der Waals surface area contributed by atoms with E-state index in [2.05, 4.69) is 0 Å². The van der Waals surface area contributed by atoms with E-state index in [9.17, 15) is 13.2 Å². The number of carbonyl (C=O) groups excluding carboxylic acids is 1. The van der Waals surface area contributed by atoms with Gasteiger partial charge >= 0.3 is 0 Å². The Morgan fingerprint density at radius 3 is 2.22 bits per heavy atom. The zero-order valence-corrected chi connectivity index (χ0v) is 14.6. The highest BCUT2D eigenvalue weighted by Gasteiger charge is 2.42. The summed E-state index contributed by atoms with van der Waals surface area (Å²) in [4.78, 5) is 12.9. The van der Waals surface area contributed by atoms with Gasteiger partial charge in [0.1, 0.15) is 5.76 Å². The molecule has 1 aliphatic heterocycles. The lowest BCUT2D eigenvalue weighted by molar-refractivity contribution is -0.125. The Labute approximate surface area is 139 Å². The van der Waals surface area contributed by atoms with E-state index in [4.69, 9.17) is 4.74 Å². The molecule has 0 aliphatic carbocycles. The summed E-state index contributed by atoms with van der Waals surface area (Å²) in [5.74, 6) is 0.427. The molecule has 0 bridgehead atoms. The highest BCUT2D eigenvalue weighted by Crippen LogP contribution is 2.41. The molecule has 3 rings (SSSR count). The third kappa shape index (κ3) is 2.84. The first-order valence-electron chi connectivity index (χ1n) is 7.01. The van der Waals surface area contributed by atoms with E-state index in [1.54, 1.807) is 26.0 Å². The number of ether oxygens (including phenoxy) is 1. The third-order valence-electron chi connectivity index (χ3n) is 3.71. The van der Waals surface area contributed by atoms with Crippen LogP contribution in [0.3, 0.4) is 0 Å². The molecule has 0 atom stereocenters.